The van der Waals surface area contributed by atoms with Gasteiger partial charge in [0.2, 0.25) is 5.91 Å². The molecule has 1 amide bonds. The third kappa shape index (κ3) is 4.54. The summed E-state index contributed by atoms with van der Waals surface area (Å²) in [6.45, 7) is 1.34. The van der Waals surface area contributed by atoms with E-state index in [1.54, 1.807) is 24.5 Å². The maximum atomic E-state index is 14.3. The average Bonchev–Trinajstić information content (AvgIpc) is 3.21. The number of pyridine rings is 1. The predicted molar refractivity (Wildman–Crippen MR) is 115 cm³/mol. The van der Waals surface area contributed by atoms with E-state index in [0.717, 1.165) is 28.7 Å². The molecular formula is C24H17F4N3O. The van der Waals surface area contributed by atoms with Crippen molar-refractivity contribution in [3.05, 3.63) is 89.5 Å². The van der Waals surface area contributed by atoms with Crippen molar-refractivity contribution in [2.24, 2.45) is 0 Å². The topological polar surface area (TPSA) is 57.8 Å². The van der Waals surface area contributed by atoms with Crippen LogP contribution < -0.4 is 5.32 Å². The highest BCUT2D eigenvalue weighted by atomic mass is 19.4. The van der Waals surface area contributed by atoms with Crippen molar-refractivity contribution in [2.45, 2.75) is 13.1 Å². The van der Waals surface area contributed by atoms with Crippen LogP contribution in [0, 0.1) is 12.7 Å². The van der Waals surface area contributed by atoms with E-state index in [-0.39, 0.29) is 16.8 Å². The summed E-state index contributed by atoms with van der Waals surface area (Å²) in [5.41, 5.74) is 1.59. The van der Waals surface area contributed by atoms with Gasteiger partial charge < -0.3 is 10.3 Å². The number of halogens is 4. The summed E-state index contributed by atoms with van der Waals surface area (Å²) in [6.07, 6.45) is 1.24. The van der Waals surface area contributed by atoms with Crippen LogP contribution in [-0.4, -0.2) is 15.9 Å². The number of carbonyl (C=O) groups is 1. The van der Waals surface area contributed by atoms with Gasteiger partial charge in [-0.25, -0.2) is 9.37 Å². The Bertz CT molecular complexity index is 1340. The molecule has 0 saturated carbocycles. The number of amides is 1. The first-order valence-corrected chi connectivity index (χ1v) is 9.61. The largest absolute Gasteiger partial charge is 0.416 e. The van der Waals surface area contributed by atoms with E-state index in [4.69, 9.17) is 0 Å². The first-order chi connectivity index (χ1) is 15.2. The van der Waals surface area contributed by atoms with Gasteiger partial charge >= 0.3 is 6.18 Å². The number of aryl methyl sites for hydroxylation is 1. The summed E-state index contributed by atoms with van der Waals surface area (Å²) >= 11 is 0. The number of carbonyl (C=O) groups excluding carboxylic acids is 1. The molecule has 0 unspecified atom stereocenters. The van der Waals surface area contributed by atoms with Gasteiger partial charge in [0.15, 0.2) is 0 Å². The van der Waals surface area contributed by atoms with Crippen LogP contribution in [0.1, 0.15) is 16.7 Å². The van der Waals surface area contributed by atoms with E-state index in [1.807, 2.05) is 12.1 Å². The maximum absolute atomic E-state index is 14.3. The summed E-state index contributed by atoms with van der Waals surface area (Å²) in [7, 11) is 0. The number of H-pyrrole nitrogens is 1. The van der Waals surface area contributed by atoms with Gasteiger partial charge in [0.05, 0.1) is 5.56 Å². The Labute approximate surface area is 180 Å². The second-order valence-electron chi connectivity index (χ2n) is 7.23. The fraction of sp³-hybridized carbons (Fsp3) is 0.0833. The van der Waals surface area contributed by atoms with Gasteiger partial charge in [0.1, 0.15) is 11.5 Å². The number of fused-ring (bicyclic) bond motifs is 1. The van der Waals surface area contributed by atoms with Gasteiger partial charge in [-0.05, 0) is 60.5 Å². The van der Waals surface area contributed by atoms with Crippen molar-refractivity contribution < 1.29 is 22.4 Å². The van der Waals surface area contributed by atoms with Gasteiger partial charge in [-0.1, -0.05) is 12.1 Å². The average molecular weight is 439 g/mol. The Balaban J connectivity index is 1.54. The zero-order chi connectivity index (χ0) is 22.9. The van der Waals surface area contributed by atoms with Crippen LogP contribution in [-0.2, 0) is 11.0 Å². The van der Waals surface area contributed by atoms with Crippen molar-refractivity contribution in [3.63, 3.8) is 0 Å². The number of hydrogen-bond donors (Lipinski definition) is 2. The second kappa shape index (κ2) is 8.30. The predicted octanol–water partition coefficient (Wildman–Crippen LogP) is 6.35. The smallest absolute Gasteiger partial charge is 0.346 e. The van der Waals surface area contributed by atoms with Gasteiger partial charge in [0.25, 0.3) is 0 Å². The molecule has 0 bridgehead atoms. The van der Waals surface area contributed by atoms with Crippen molar-refractivity contribution in [3.8, 4) is 11.1 Å². The van der Waals surface area contributed by atoms with E-state index in [9.17, 15) is 22.4 Å². The lowest BCUT2D eigenvalue weighted by Crippen LogP contribution is -2.11. The highest BCUT2D eigenvalue weighted by Crippen LogP contribution is 2.33. The molecule has 2 N–H and O–H groups in total. The summed E-state index contributed by atoms with van der Waals surface area (Å²) in [4.78, 5) is 19.5. The van der Waals surface area contributed by atoms with E-state index in [0.29, 0.717) is 5.56 Å². The lowest BCUT2D eigenvalue weighted by molar-refractivity contribution is -0.138. The number of nitrogens with one attached hydrogen (secondary N) is 2. The Morgan fingerprint density at radius 2 is 1.88 bits per heavy atom. The lowest BCUT2D eigenvalue weighted by Gasteiger charge is -2.12. The molecule has 162 valence electrons. The van der Waals surface area contributed by atoms with E-state index >= 15 is 0 Å². The molecule has 32 heavy (non-hydrogen) atoms. The molecule has 0 aliphatic heterocycles. The van der Waals surface area contributed by atoms with Crippen LogP contribution in [0.3, 0.4) is 0 Å². The molecule has 2 aromatic carbocycles. The molecule has 4 nitrogen and oxygen atoms in total. The number of anilines is 1. The third-order valence-electron chi connectivity index (χ3n) is 4.95. The SMILES string of the molecule is Cc1ccc(NC(=O)C=Cc2cc(-c3cnc4[nH]ccc4c3)ccc2F)cc1C(F)(F)F. The summed E-state index contributed by atoms with van der Waals surface area (Å²) in [5, 5.41) is 3.28. The van der Waals surface area contributed by atoms with E-state index in [2.05, 4.69) is 15.3 Å². The molecule has 0 spiro atoms. The Hall–Kier alpha value is -3.94. The number of rotatable bonds is 4. The molecule has 0 radical (unpaired) electrons. The molecule has 0 aliphatic carbocycles. The minimum absolute atomic E-state index is 0.00215. The van der Waals surface area contributed by atoms with E-state index < -0.39 is 23.5 Å². The number of nitrogens with zero attached hydrogens (tertiary/aromatic N) is 1. The molecular weight excluding hydrogens is 422 g/mol. The highest BCUT2D eigenvalue weighted by Gasteiger charge is 2.32. The minimum atomic E-state index is -4.53. The van der Waals surface area contributed by atoms with Gasteiger partial charge in [0, 0.05) is 40.7 Å². The van der Waals surface area contributed by atoms with Crippen LogP contribution in [0.15, 0.2) is 67.0 Å². The molecule has 0 saturated heterocycles. The fourth-order valence-electron chi connectivity index (χ4n) is 3.30. The molecule has 8 heteroatoms. The normalized spacial score (nSPS) is 11.9. The lowest BCUT2D eigenvalue weighted by atomic mass is 10.0. The number of hydrogen-bond acceptors (Lipinski definition) is 2. The molecule has 4 rings (SSSR count). The summed E-state index contributed by atoms with van der Waals surface area (Å²) in [5.74, 6) is -1.22. The van der Waals surface area contributed by atoms with Crippen LogP contribution in [0.4, 0.5) is 23.2 Å². The Kier molecular flexibility index (Phi) is 5.52. The van der Waals surface area contributed by atoms with Gasteiger partial charge in [-0.3, -0.25) is 4.79 Å². The standard InChI is InChI=1S/C24H17F4N3O/c1-14-2-5-19(12-20(14)24(26,27)28)31-22(32)7-4-16-10-15(3-6-21(16)25)18-11-17-8-9-29-23(17)30-13-18/h2-13H,1H3,(H,29,30)(H,31,32). The molecule has 4 aromatic rings. The van der Waals surface area contributed by atoms with Crippen LogP contribution in [0.2, 0.25) is 0 Å². The molecule has 0 aliphatic rings. The zero-order valence-electron chi connectivity index (χ0n) is 16.8. The fourth-order valence-corrected chi connectivity index (χ4v) is 3.30. The van der Waals surface area contributed by atoms with Crippen molar-refractivity contribution in [2.75, 3.05) is 5.32 Å². The summed E-state index contributed by atoms with van der Waals surface area (Å²) < 4.78 is 53.4. The van der Waals surface area contributed by atoms with Crippen molar-refractivity contribution >= 4 is 28.7 Å². The molecule has 2 aromatic heterocycles. The van der Waals surface area contributed by atoms with Crippen molar-refractivity contribution in [1.29, 1.82) is 0 Å². The molecule has 0 atom stereocenters. The summed E-state index contributed by atoms with van der Waals surface area (Å²) in [6, 6.07) is 11.8. The Morgan fingerprint density at radius 3 is 2.66 bits per heavy atom. The number of alkyl halides is 3. The quantitative estimate of drug-likeness (QED) is 0.288. The minimum Gasteiger partial charge on any atom is -0.346 e. The van der Waals surface area contributed by atoms with Crippen molar-refractivity contribution in [1.82, 2.24) is 9.97 Å². The monoisotopic (exact) mass is 439 g/mol. The second-order valence-corrected chi connectivity index (χ2v) is 7.23. The maximum Gasteiger partial charge on any atom is 0.416 e. The van der Waals surface area contributed by atoms with Gasteiger partial charge in [-0.2, -0.15) is 13.2 Å². The van der Waals surface area contributed by atoms with E-state index in [1.165, 1.54) is 31.2 Å². The molecule has 0 fully saturated rings. The Morgan fingerprint density at radius 1 is 1.06 bits per heavy atom. The van der Waals surface area contributed by atoms with Crippen LogP contribution in [0.5, 0.6) is 0 Å². The first kappa shape index (κ1) is 21.3. The van der Waals surface area contributed by atoms with Gasteiger partial charge in [-0.15, -0.1) is 0 Å². The number of aromatic amines is 1. The highest BCUT2D eigenvalue weighted by molar-refractivity contribution is 6.02. The number of aromatic nitrogens is 2. The first-order valence-electron chi connectivity index (χ1n) is 9.61. The molecule has 2 heterocycles. The zero-order valence-corrected chi connectivity index (χ0v) is 16.8. The van der Waals surface area contributed by atoms with Crippen LogP contribution in [0.25, 0.3) is 28.2 Å². The third-order valence-corrected chi connectivity index (χ3v) is 4.95. The van der Waals surface area contributed by atoms with Crippen LogP contribution >= 0.6 is 0 Å². The number of benzene rings is 2.